The van der Waals surface area contributed by atoms with Gasteiger partial charge in [-0.1, -0.05) is 30.3 Å². The number of amides is 2. The Hall–Kier alpha value is -1.55. The van der Waals surface area contributed by atoms with Crippen LogP contribution >= 0.6 is 0 Å². The average molecular weight is 233 g/mol. The maximum Gasteiger partial charge on any atom is 0.315 e. The fourth-order valence-electron chi connectivity index (χ4n) is 1.98. The Kier molecular flexibility index (Phi) is 4.38. The van der Waals surface area contributed by atoms with Crippen molar-refractivity contribution in [1.29, 1.82) is 0 Å². The third-order valence-electron chi connectivity index (χ3n) is 2.97. The van der Waals surface area contributed by atoms with Crippen LogP contribution in [-0.4, -0.2) is 25.2 Å². The molecule has 0 unspecified atom stereocenters. The van der Waals surface area contributed by atoms with Crippen molar-refractivity contribution in [3.8, 4) is 0 Å². The van der Waals surface area contributed by atoms with Gasteiger partial charge in [-0.05, 0) is 31.5 Å². The van der Waals surface area contributed by atoms with E-state index >= 15 is 0 Å². The number of benzene rings is 1. The molecule has 1 aliphatic rings. The van der Waals surface area contributed by atoms with Gasteiger partial charge in [0, 0.05) is 12.6 Å². The predicted molar refractivity (Wildman–Crippen MR) is 67.7 cm³/mol. The van der Waals surface area contributed by atoms with E-state index in [1.807, 2.05) is 30.3 Å². The number of hydrogen-bond donors (Lipinski definition) is 3. The molecule has 0 aromatic heterocycles. The summed E-state index contributed by atoms with van der Waals surface area (Å²) in [6.07, 6.45) is 2.03. The Morgan fingerprint density at radius 3 is 2.65 bits per heavy atom. The van der Waals surface area contributed by atoms with E-state index in [2.05, 4.69) is 16.0 Å². The topological polar surface area (TPSA) is 53.2 Å². The first-order valence-corrected chi connectivity index (χ1v) is 6.13. The summed E-state index contributed by atoms with van der Waals surface area (Å²) in [5, 5.41) is 9.15. The Labute approximate surface area is 102 Å². The Morgan fingerprint density at radius 2 is 1.94 bits per heavy atom. The van der Waals surface area contributed by atoms with Crippen LogP contribution in [0.4, 0.5) is 4.79 Å². The number of nitrogens with one attached hydrogen (secondary N) is 3. The second-order valence-corrected chi connectivity index (χ2v) is 4.34. The zero-order valence-corrected chi connectivity index (χ0v) is 9.91. The first-order valence-electron chi connectivity index (χ1n) is 6.13. The van der Waals surface area contributed by atoms with Crippen LogP contribution in [0.3, 0.4) is 0 Å². The summed E-state index contributed by atoms with van der Waals surface area (Å²) in [5.41, 5.74) is 1.12. The van der Waals surface area contributed by atoms with Gasteiger partial charge in [-0.25, -0.2) is 4.79 Å². The predicted octanol–water partition coefficient (Wildman–Crippen LogP) is 1.24. The summed E-state index contributed by atoms with van der Waals surface area (Å²) < 4.78 is 0. The number of piperidine rings is 1. The molecule has 4 heteroatoms. The van der Waals surface area contributed by atoms with Gasteiger partial charge in [0.05, 0.1) is 0 Å². The van der Waals surface area contributed by atoms with Crippen molar-refractivity contribution < 1.29 is 4.79 Å². The van der Waals surface area contributed by atoms with Gasteiger partial charge >= 0.3 is 6.03 Å². The summed E-state index contributed by atoms with van der Waals surface area (Å²) in [6, 6.07) is 10.2. The van der Waals surface area contributed by atoms with E-state index in [0.717, 1.165) is 31.5 Å². The molecule has 1 fully saturated rings. The lowest BCUT2D eigenvalue weighted by Gasteiger charge is -2.23. The average Bonchev–Trinajstić information content (AvgIpc) is 2.39. The highest BCUT2D eigenvalue weighted by molar-refractivity contribution is 5.74. The minimum atomic E-state index is -0.0687. The van der Waals surface area contributed by atoms with Crippen LogP contribution in [0.15, 0.2) is 30.3 Å². The van der Waals surface area contributed by atoms with E-state index in [1.165, 1.54) is 0 Å². The van der Waals surface area contributed by atoms with Gasteiger partial charge in [-0.3, -0.25) is 0 Å². The molecule has 0 spiro atoms. The van der Waals surface area contributed by atoms with Crippen molar-refractivity contribution in [3.05, 3.63) is 35.9 Å². The standard InChI is InChI=1S/C13H19N3O/c17-13(16-12-6-8-14-9-7-12)15-10-11-4-2-1-3-5-11/h1-5,12,14H,6-10H2,(H2,15,16,17). The Bertz CT molecular complexity index is 347. The highest BCUT2D eigenvalue weighted by Gasteiger charge is 2.14. The highest BCUT2D eigenvalue weighted by Crippen LogP contribution is 2.02. The molecule has 4 nitrogen and oxygen atoms in total. The normalized spacial score (nSPS) is 16.5. The molecule has 2 rings (SSSR count). The van der Waals surface area contributed by atoms with Gasteiger partial charge in [0.2, 0.25) is 0 Å². The molecule has 0 saturated carbocycles. The highest BCUT2D eigenvalue weighted by atomic mass is 16.2. The summed E-state index contributed by atoms with van der Waals surface area (Å²) in [5.74, 6) is 0. The van der Waals surface area contributed by atoms with Crippen LogP contribution in [0.2, 0.25) is 0 Å². The largest absolute Gasteiger partial charge is 0.335 e. The molecular formula is C13H19N3O. The molecule has 0 atom stereocenters. The number of carbonyl (C=O) groups is 1. The van der Waals surface area contributed by atoms with Gasteiger partial charge < -0.3 is 16.0 Å². The lowest BCUT2D eigenvalue weighted by atomic mass is 10.1. The molecule has 0 bridgehead atoms. The molecule has 17 heavy (non-hydrogen) atoms. The number of carbonyl (C=O) groups excluding carboxylic acids is 1. The van der Waals surface area contributed by atoms with Gasteiger partial charge in [-0.2, -0.15) is 0 Å². The van der Waals surface area contributed by atoms with Crippen molar-refractivity contribution in [2.24, 2.45) is 0 Å². The minimum Gasteiger partial charge on any atom is -0.335 e. The van der Waals surface area contributed by atoms with E-state index in [4.69, 9.17) is 0 Å². The van der Waals surface area contributed by atoms with Crippen LogP contribution in [-0.2, 0) is 6.54 Å². The van der Waals surface area contributed by atoms with Gasteiger partial charge in [0.1, 0.15) is 0 Å². The summed E-state index contributed by atoms with van der Waals surface area (Å²) in [6.45, 7) is 2.56. The van der Waals surface area contributed by atoms with Gasteiger partial charge in [0.25, 0.3) is 0 Å². The summed E-state index contributed by atoms with van der Waals surface area (Å²) in [4.78, 5) is 11.6. The van der Waals surface area contributed by atoms with Crippen LogP contribution in [0.25, 0.3) is 0 Å². The van der Waals surface area contributed by atoms with Gasteiger partial charge in [0.15, 0.2) is 0 Å². The third kappa shape index (κ3) is 4.07. The molecule has 2 amide bonds. The lowest BCUT2D eigenvalue weighted by molar-refractivity contribution is 0.233. The second kappa shape index (κ2) is 6.25. The second-order valence-electron chi connectivity index (χ2n) is 4.34. The van der Waals surface area contributed by atoms with Crippen molar-refractivity contribution in [3.63, 3.8) is 0 Å². The van der Waals surface area contributed by atoms with E-state index in [9.17, 15) is 4.79 Å². The van der Waals surface area contributed by atoms with Crippen molar-refractivity contribution in [2.75, 3.05) is 13.1 Å². The Balaban J connectivity index is 1.70. The van der Waals surface area contributed by atoms with E-state index < -0.39 is 0 Å². The number of urea groups is 1. The first kappa shape index (κ1) is 11.9. The fourth-order valence-corrected chi connectivity index (χ4v) is 1.98. The SMILES string of the molecule is O=C(NCc1ccccc1)NC1CCNCC1. The van der Waals surface area contributed by atoms with Crippen LogP contribution < -0.4 is 16.0 Å². The summed E-state index contributed by atoms with van der Waals surface area (Å²) >= 11 is 0. The van der Waals surface area contributed by atoms with E-state index in [0.29, 0.717) is 12.6 Å². The van der Waals surface area contributed by atoms with Crippen LogP contribution in [0.5, 0.6) is 0 Å². The van der Waals surface area contributed by atoms with E-state index in [1.54, 1.807) is 0 Å². The van der Waals surface area contributed by atoms with Crippen molar-refractivity contribution in [2.45, 2.75) is 25.4 Å². The first-order chi connectivity index (χ1) is 8.34. The third-order valence-corrected chi connectivity index (χ3v) is 2.97. The zero-order chi connectivity index (χ0) is 11.9. The molecule has 3 N–H and O–H groups in total. The molecule has 1 saturated heterocycles. The molecule has 1 heterocycles. The lowest BCUT2D eigenvalue weighted by Crippen LogP contribution is -2.46. The van der Waals surface area contributed by atoms with Gasteiger partial charge in [-0.15, -0.1) is 0 Å². The molecule has 0 radical (unpaired) electrons. The Morgan fingerprint density at radius 1 is 1.24 bits per heavy atom. The molecule has 92 valence electrons. The molecular weight excluding hydrogens is 214 g/mol. The molecule has 1 aromatic carbocycles. The monoisotopic (exact) mass is 233 g/mol. The number of rotatable bonds is 3. The maximum atomic E-state index is 11.6. The van der Waals surface area contributed by atoms with Crippen LogP contribution in [0.1, 0.15) is 18.4 Å². The smallest absolute Gasteiger partial charge is 0.315 e. The molecule has 0 aliphatic carbocycles. The number of hydrogen-bond acceptors (Lipinski definition) is 2. The zero-order valence-electron chi connectivity index (χ0n) is 9.91. The van der Waals surface area contributed by atoms with Crippen molar-refractivity contribution in [1.82, 2.24) is 16.0 Å². The van der Waals surface area contributed by atoms with Crippen molar-refractivity contribution >= 4 is 6.03 Å². The molecule has 1 aliphatic heterocycles. The fraction of sp³-hybridized carbons (Fsp3) is 0.462. The van der Waals surface area contributed by atoms with Crippen LogP contribution in [0, 0.1) is 0 Å². The summed E-state index contributed by atoms with van der Waals surface area (Å²) in [7, 11) is 0. The quantitative estimate of drug-likeness (QED) is 0.735. The van der Waals surface area contributed by atoms with E-state index in [-0.39, 0.29) is 6.03 Å². The maximum absolute atomic E-state index is 11.6. The minimum absolute atomic E-state index is 0.0687. The molecule has 1 aromatic rings.